The maximum Gasteiger partial charge on any atom is 0.144 e. The van der Waals surface area contributed by atoms with E-state index in [0.29, 0.717) is 17.4 Å². The Kier molecular flexibility index (Phi) is 3.88. The second-order valence-electron chi connectivity index (χ2n) is 5.94. The van der Waals surface area contributed by atoms with Crippen LogP contribution < -0.4 is 5.32 Å². The number of hydrogen-bond donors (Lipinski definition) is 1. The first-order valence-corrected chi connectivity index (χ1v) is 7.57. The summed E-state index contributed by atoms with van der Waals surface area (Å²) in [6, 6.07) is 6.18. The number of rotatable bonds is 2. The van der Waals surface area contributed by atoms with Gasteiger partial charge in [-0.15, -0.1) is 0 Å². The number of nitrogens with zero attached hydrogens (tertiary/aromatic N) is 2. The molecule has 2 aliphatic rings. The molecule has 0 aromatic carbocycles. The summed E-state index contributed by atoms with van der Waals surface area (Å²) in [6.45, 7) is 0.812. The predicted octanol–water partition coefficient (Wildman–Crippen LogP) is 3.25. The SMILES string of the molecule is N#Cc1cccnc1NC1CCOC2(CCCCC2)C1. The largest absolute Gasteiger partial charge is 0.375 e. The summed E-state index contributed by atoms with van der Waals surface area (Å²) in [7, 11) is 0. The standard InChI is InChI=1S/C16H21N3O/c17-12-13-5-4-9-18-15(13)19-14-6-10-20-16(11-14)7-2-1-3-8-16/h4-5,9,14H,1-3,6-8,10-11H2,(H,18,19). The van der Waals surface area contributed by atoms with Crippen molar-refractivity contribution in [3.05, 3.63) is 23.9 Å². The molecule has 1 N–H and O–H groups in total. The number of ether oxygens (including phenoxy) is 1. The first-order chi connectivity index (χ1) is 9.81. The molecule has 4 nitrogen and oxygen atoms in total. The first-order valence-electron chi connectivity index (χ1n) is 7.57. The van der Waals surface area contributed by atoms with Gasteiger partial charge in [-0.1, -0.05) is 19.3 Å². The number of aromatic nitrogens is 1. The van der Waals surface area contributed by atoms with Crippen molar-refractivity contribution in [1.82, 2.24) is 4.98 Å². The van der Waals surface area contributed by atoms with Crippen molar-refractivity contribution >= 4 is 5.82 Å². The number of pyridine rings is 1. The fraction of sp³-hybridized carbons (Fsp3) is 0.625. The van der Waals surface area contributed by atoms with Crippen LogP contribution in [0.3, 0.4) is 0 Å². The molecule has 20 heavy (non-hydrogen) atoms. The lowest BCUT2D eigenvalue weighted by Gasteiger charge is -2.43. The second kappa shape index (κ2) is 5.80. The minimum Gasteiger partial charge on any atom is -0.375 e. The molecule has 0 amide bonds. The monoisotopic (exact) mass is 271 g/mol. The van der Waals surface area contributed by atoms with Crippen LogP contribution in [-0.2, 0) is 4.74 Å². The fourth-order valence-electron chi connectivity index (χ4n) is 3.50. The van der Waals surface area contributed by atoms with Gasteiger partial charge in [-0.3, -0.25) is 0 Å². The van der Waals surface area contributed by atoms with E-state index in [1.165, 1.54) is 32.1 Å². The molecular formula is C16H21N3O. The average molecular weight is 271 g/mol. The molecule has 4 heteroatoms. The molecule has 0 bridgehead atoms. The summed E-state index contributed by atoms with van der Waals surface area (Å²) in [6.07, 6.45) is 10.0. The predicted molar refractivity (Wildman–Crippen MR) is 77.4 cm³/mol. The molecule has 1 aliphatic carbocycles. The topological polar surface area (TPSA) is 57.9 Å². The molecule has 0 radical (unpaired) electrons. The van der Waals surface area contributed by atoms with Gasteiger partial charge in [-0.05, 0) is 37.8 Å². The molecule has 106 valence electrons. The van der Waals surface area contributed by atoms with Gasteiger partial charge in [0.25, 0.3) is 0 Å². The van der Waals surface area contributed by atoms with Gasteiger partial charge in [-0.25, -0.2) is 4.98 Å². The molecule has 1 unspecified atom stereocenters. The van der Waals surface area contributed by atoms with Gasteiger partial charge in [0.05, 0.1) is 11.2 Å². The minimum absolute atomic E-state index is 0.0791. The summed E-state index contributed by atoms with van der Waals surface area (Å²) in [5, 5.41) is 12.6. The van der Waals surface area contributed by atoms with Crippen LogP contribution in [0, 0.1) is 11.3 Å². The van der Waals surface area contributed by atoms with E-state index in [9.17, 15) is 0 Å². The molecule has 2 heterocycles. The Bertz CT molecular complexity index is 497. The highest BCUT2D eigenvalue weighted by atomic mass is 16.5. The average Bonchev–Trinajstić information content (AvgIpc) is 2.49. The van der Waals surface area contributed by atoms with Crippen molar-refractivity contribution in [3.8, 4) is 6.07 Å². The third kappa shape index (κ3) is 2.78. The van der Waals surface area contributed by atoms with Gasteiger partial charge in [0.1, 0.15) is 11.9 Å². The Balaban J connectivity index is 1.70. The van der Waals surface area contributed by atoms with E-state index in [4.69, 9.17) is 10.00 Å². The van der Waals surface area contributed by atoms with Crippen LogP contribution >= 0.6 is 0 Å². The zero-order valence-electron chi connectivity index (χ0n) is 11.8. The summed E-state index contributed by atoms with van der Waals surface area (Å²) in [5.41, 5.74) is 0.701. The normalized spacial score (nSPS) is 25.1. The third-order valence-corrected chi connectivity index (χ3v) is 4.53. The maximum atomic E-state index is 9.14. The van der Waals surface area contributed by atoms with Crippen molar-refractivity contribution in [1.29, 1.82) is 5.26 Å². The van der Waals surface area contributed by atoms with Crippen LogP contribution in [0.15, 0.2) is 18.3 Å². The Morgan fingerprint density at radius 1 is 1.35 bits per heavy atom. The number of hydrogen-bond acceptors (Lipinski definition) is 4. The van der Waals surface area contributed by atoms with Crippen LogP contribution in [0.5, 0.6) is 0 Å². The Morgan fingerprint density at radius 2 is 2.20 bits per heavy atom. The molecule has 1 aliphatic heterocycles. The van der Waals surface area contributed by atoms with E-state index in [0.717, 1.165) is 19.4 Å². The highest BCUT2D eigenvalue weighted by Crippen LogP contribution is 2.39. The zero-order valence-corrected chi connectivity index (χ0v) is 11.8. The van der Waals surface area contributed by atoms with Crippen LogP contribution in [0.25, 0.3) is 0 Å². The van der Waals surface area contributed by atoms with Crippen molar-refractivity contribution in [2.75, 3.05) is 11.9 Å². The van der Waals surface area contributed by atoms with E-state index in [2.05, 4.69) is 16.4 Å². The third-order valence-electron chi connectivity index (χ3n) is 4.53. The van der Waals surface area contributed by atoms with Crippen molar-refractivity contribution in [3.63, 3.8) is 0 Å². The van der Waals surface area contributed by atoms with Gasteiger partial charge < -0.3 is 10.1 Å². The van der Waals surface area contributed by atoms with E-state index in [1.54, 1.807) is 12.3 Å². The maximum absolute atomic E-state index is 9.14. The molecule has 3 rings (SSSR count). The van der Waals surface area contributed by atoms with Crippen LogP contribution in [0.4, 0.5) is 5.82 Å². The van der Waals surface area contributed by atoms with Gasteiger partial charge >= 0.3 is 0 Å². The number of nitrogens with one attached hydrogen (secondary N) is 1. The molecular weight excluding hydrogens is 250 g/mol. The van der Waals surface area contributed by atoms with E-state index >= 15 is 0 Å². The molecule has 1 saturated carbocycles. The lowest BCUT2D eigenvalue weighted by molar-refractivity contribution is -0.103. The van der Waals surface area contributed by atoms with Crippen LogP contribution in [0.1, 0.15) is 50.5 Å². The molecule has 1 aromatic rings. The van der Waals surface area contributed by atoms with E-state index < -0.39 is 0 Å². The van der Waals surface area contributed by atoms with Crippen LogP contribution in [-0.4, -0.2) is 23.2 Å². The molecule has 1 aromatic heterocycles. The van der Waals surface area contributed by atoms with E-state index in [1.807, 2.05) is 6.07 Å². The Hall–Kier alpha value is -1.60. The lowest BCUT2D eigenvalue weighted by Crippen LogP contribution is -2.45. The van der Waals surface area contributed by atoms with Gasteiger partial charge in [-0.2, -0.15) is 5.26 Å². The first kappa shape index (κ1) is 13.4. The van der Waals surface area contributed by atoms with Gasteiger partial charge in [0, 0.05) is 18.8 Å². The number of anilines is 1. The van der Waals surface area contributed by atoms with Crippen molar-refractivity contribution < 1.29 is 4.74 Å². The summed E-state index contributed by atoms with van der Waals surface area (Å²) >= 11 is 0. The highest BCUT2D eigenvalue weighted by molar-refractivity contribution is 5.51. The second-order valence-corrected chi connectivity index (χ2v) is 5.94. The molecule has 2 fully saturated rings. The molecule has 1 spiro atoms. The number of nitriles is 1. The molecule has 1 saturated heterocycles. The Morgan fingerprint density at radius 3 is 3.00 bits per heavy atom. The summed E-state index contributed by atoms with van der Waals surface area (Å²) in [5.74, 6) is 0.716. The van der Waals surface area contributed by atoms with E-state index in [-0.39, 0.29) is 5.60 Å². The van der Waals surface area contributed by atoms with Gasteiger partial charge in [0.2, 0.25) is 0 Å². The van der Waals surface area contributed by atoms with Gasteiger partial charge in [0.15, 0.2) is 0 Å². The molecule has 1 atom stereocenters. The quantitative estimate of drug-likeness (QED) is 0.897. The minimum atomic E-state index is 0.0791. The fourth-order valence-corrected chi connectivity index (χ4v) is 3.50. The highest BCUT2D eigenvalue weighted by Gasteiger charge is 2.38. The lowest BCUT2D eigenvalue weighted by atomic mass is 9.78. The zero-order chi connectivity index (χ0) is 13.8. The summed E-state index contributed by atoms with van der Waals surface area (Å²) in [4.78, 5) is 4.30. The Labute approximate surface area is 120 Å². The van der Waals surface area contributed by atoms with Crippen molar-refractivity contribution in [2.24, 2.45) is 0 Å². The summed E-state index contributed by atoms with van der Waals surface area (Å²) < 4.78 is 6.11. The van der Waals surface area contributed by atoms with Crippen molar-refractivity contribution in [2.45, 2.75) is 56.6 Å². The van der Waals surface area contributed by atoms with Crippen LogP contribution in [0.2, 0.25) is 0 Å². The smallest absolute Gasteiger partial charge is 0.144 e.